The second-order valence-corrected chi connectivity index (χ2v) is 6.99. The monoisotopic (exact) mass is 360 g/mol. The minimum absolute atomic E-state index is 0.244. The number of halogens is 1. The Kier molecular flexibility index (Phi) is 4.62. The summed E-state index contributed by atoms with van der Waals surface area (Å²) < 4.78 is 5.45. The van der Waals surface area contributed by atoms with Gasteiger partial charge in [-0.2, -0.15) is 16.3 Å². The van der Waals surface area contributed by atoms with Gasteiger partial charge in [0.2, 0.25) is 11.7 Å². The highest BCUT2D eigenvalue weighted by atomic mass is 35.5. The summed E-state index contributed by atoms with van der Waals surface area (Å²) in [6.45, 7) is 3.39. The summed E-state index contributed by atoms with van der Waals surface area (Å²) in [4.78, 5) is 6.89. The van der Waals surface area contributed by atoms with E-state index in [-0.39, 0.29) is 6.04 Å². The van der Waals surface area contributed by atoms with E-state index < -0.39 is 0 Å². The normalized spacial score (nSPS) is 18.8. The van der Waals surface area contributed by atoms with E-state index in [1.165, 1.54) is 5.56 Å². The van der Waals surface area contributed by atoms with Crippen molar-refractivity contribution >= 4 is 22.9 Å². The SMILES string of the molecule is Clc1cccc(C2CNCCN2Cc2nc(-c3ccsc3)no2)c1. The topological polar surface area (TPSA) is 54.2 Å². The minimum Gasteiger partial charge on any atom is -0.338 e. The second kappa shape index (κ2) is 7.03. The molecule has 1 aromatic carbocycles. The van der Waals surface area contributed by atoms with Crippen LogP contribution in [0.4, 0.5) is 0 Å². The van der Waals surface area contributed by atoms with Gasteiger partial charge in [0.1, 0.15) is 0 Å². The van der Waals surface area contributed by atoms with Crippen molar-refractivity contribution < 1.29 is 4.52 Å². The fourth-order valence-electron chi connectivity index (χ4n) is 2.98. The van der Waals surface area contributed by atoms with Crippen molar-refractivity contribution in [2.24, 2.45) is 0 Å². The molecule has 124 valence electrons. The van der Waals surface area contributed by atoms with Crippen LogP contribution < -0.4 is 5.32 Å². The van der Waals surface area contributed by atoms with Crippen molar-refractivity contribution in [3.8, 4) is 11.4 Å². The number of aromatic nitrogens is 2. The van der Waals surface area contributed by atoms with Gasteiger partial charge in [0.05, 0.1) is 6.54 Å². The molecule has 0 amide bonds. The van der Waals surface area contributed by atoms with E-state index in [1.807, 2.05) is 35.0 Å². The van der Waals surface area contributed by atoms with E-state index in [0.29, 0.717) is 18.3 Å². The van der Waals surface area contributed by atoms with Crippen LogP contribution in [0.2, 0.25) is 5.02 Å². The molecule has 1 fully saturated rings. The number of nitrogens with one attached hydrogen (secondary N) is 1. The van der Waals surface area contributed by atoms with Gasteiger partial charge in [-0.3, -0.25) is 4.90 Å². The standard InChI is InChI=1S/C17H17ClN4OS/c18-14-3-1-2-12(8-14)15-9-19-5-6-22(15)10-16-20-17(21-23-16)13-4-7-24-11-13/h1-4,7-8,11,15,19H,5-6,9-10H2. The zero-order valence-electron chi connectivity index (χ0n) is 13.0. The van der Waals surface area contributed by atoms with Crippen LogP contribution in [-0.2, 0) is 6.54 Å². The lowest BCUT2D eigenvalue weighted by atomic mass is 10.0. The van der Waals surface area contributed by atoms with Crippen molar-refractivity contribution in [2.75, 3.05) is 19.6 Å². The van der Waals surface area contributed by atoms with Gasteiger partial charge in [-0.25, -0.2) is 0 Å². The van der Waals surface area contributed by atoms with Crippen LogP contribution in [0.1, 0.15) is 17.5 Å². The van der Waals surface area contributed by atoms with Gasteiger partial charge in [-0.05, 0) is 29.1 Å². The van der Waals surface area contributed by atoms with Crippen LogP contribution >= 0.6 is 22.9 Å². The smallest absolute Gasteiger partial charge is 0.241 e. The maximum Gasteiger partial charge on any atom is 0.241 e. The van der Waals surface area contributed by atoms with Gasteiger partial charge in [0.15, 0.2) is 0 Å². The summed E-state index contributed by atoms with van der Waals surface area (Å²) in [5, 5.41) is 12.3. The van der Waals surface area contributed by atoms with Crippen LogP contribution in [0, 0.1) is 0 Å². The third-order valence-electron chi connectivity index (χ3n) is 4.17. The first-order valence-electron chi connectivity index (χ1n) is 7.85. The summed E-state index contributed by atoms with van der Waals surface area (Å²) in [6.07, 6.45) is 0. The molecular formula is C17H17ClN4OS. The summed E-state index contributed by atoms with van der Waals surface area (Å²) >= 11 is 7.78. The molecule has 0 spiro atoms. The van der Waals surface area contributed by atoms with Crippen LogP contribution in [-0.4, -0.2) is 34.7 Å². The first-order valence-corrected chi connectivity index (χ1v) is 9.17. The third kappa shape index (κ3) is 3.37. The predicted molar refractivity (Wildman–Crippen MR) is 95.1 cm³/mol. The van der Waals surface area contributed by atoms with Crippen molar-refractivity contribution in [3.63, 3.8) is 0 Å². The molecule has 1 atom stereocenters. The lowest BCUT2D eigenvalue weighted by molar-refractivity contribution is 0.135. The molecule has 7 heteroatoms. The van der Waals surface area contributed by atoms with Gasteiger partial charge in [0, 0.05) is 41.6 Å². The molecule has 5 nitrogen and oxygen atoms in total. The van der Waals surface area contributed by atoms with Crippen LogP contribution in [0.15, 0.2) is 45.6 Å². The van der Waals surface area contributed by atoms with Crippen LogP contribution in [0.25, 0.3) is 11.4 Å². The summed E-state index contributed by atoms with van der Waals surface area (Å²) in [5.74, 6) is 1.30. The van der Waals surface area contributed by atoms with E-state index >= 15 is 0 Å². The van der Waals surface area contributed by atoms with Crippen molar-refractivity contribution in [1.29, 1.82) is 0 Å². The Morgan fingerprint density at radius 2 is 2.33 bits per heavy atom. The molecule has 0 bridgehead atoms. The molecule has 24 heavy (non-hydrogen) atoms. The molecule has 1 aliphatic heterocycles. The number of hydrogen-bond donors (Lipinski definition) is 1. The largest absolute Gasteiger partial charge is 0.338 e. The fourth-order valence-corrected chi connectivity index (χ4v) is 3.81. The van der Waals surface area contributed by atoms with Gasteiger partial charge in [-0.15, -0.1) is 0 Å². The Labute approximate surface area is 149 Å². The average Bonchev–Trinajstić information content (AvgIpc) is 3.26. The summed E-state index contributed by atoms with van der Waals surface area (Å²) in [6, 6.07) is 10.3. The number of benzene rings is 1. The molecule has 1 saturated heterocycles. The highest BCUT2D eigenvalue weighted by Gasteiger charge is 2.25. The first kappa shape index (κ1) is 15.8. The molecule has 1 N–H and O–H groups in total. The summed E-state index contributed by atoms with van der Waals surface area (Å²) in [5.41, 5.74) is 2.20. The van der Waals surface area contributed by atoms with Gasteiger partial charge < -0.3 is 9.84 Å². The predicted octanol–water partition coefficient (Wildman–Crippen LogP) is 3.60. The Morgan fingerprint density at radius 3 is 3.17 bits per heavy atom. The maximum atomic E-state index is 6.15. The Morgan fingerprint density at radius 1 is 1.38 bits per heavy atom. The third-order valence-corrected chi connectivity index (χ3v) is 5.09. The molecule has 1 unspecified atom stereocenters. The Bertz CT molecular complexity index is 805. The first-order chi connectivity index (χ1) is 11.8. The Balaban J connectivity index is 1.53. The highest BCUT2D eigenvalue weighted by molar-refractivity contribution is 7.08. The van der Waals surface area contributed by atoms with Gasteiger partial charge in [0.25, 0.3) is 0 Å². The molecule has 0 radical (unpaired) electrons. The van der Waals surface area contributed by atoms with E-state index in [4.69, 9.17) is 16.1 Å². The second-order valence-electron chi connectivity index (χ2n) is 5.77. The molecule has 0 saturated carbocycles. The molecule has 2 aromatic heterocycles. The quantitative estimate of drug-likeness (QED) is 0.770. The molecule has 1 aliphatic rings. The van der Waals surface area contributed by atoms with Crippen molar-refractivity contribution in [1.82, 2.24) is 20.4 Å². The number of nitrogens with zero attached hydrogens (tertiary/aromatic N) is 3. The van der Waals surface area contributed by atoms with Crippen LogP contribution in [0.5, 0.6) is 0 Å². The molecule has 4 rings (SSSR count). The number of piperazine rings is 1. The van der Waals surface area contributed by atoms with E-state index in [1.54, 1.807) is 11.3 Å². The molecule has 3 aromatic rings. The number of hydrogen-bond acceptors (Lipinski definition) is 6. The summed E-state index contributed by atoms with van der Waals surface area (Å²) in [7, 11) is 0. The van der Waals surface area contributed by atoms with Gasteiger partial charge in [-0.1, -0.05) is 28.9 Å². The van der Waals surface area contributed by atoms with Gasteiger partial charge >= 0.3 is 0 Å². The highest BCUT2D eigenvalue weighted by Crippen LogP contribution is 2.26. The zero-order chi connectivity index (χ0) is 16.4. The van der Waals surface area contributed by atoms with E-state index in [2.05, 4.69) is 26.4 Å². The number of rotatable bonds is 4. The Hall–Kier alpha value is -1.73. The van der Waals surface area contributed by atoms with E-state index in [0.717, 1.165) is 30.2 Å². The van der Waals surface area contributed by atoms with E-state index in [9.17, 15) is 0 Å². The zero-order valence-corrected chi connectivity index (χ0v) is 14.6. The molecule has 3 heterocycles. The molecular weight excluding hydrogens is 344 g/mol. The van der Waals surface area contributed by atoms with Crippen molar-refractivity contribution in [3.05, 3.63) is 57.6 Å². The average molecular weight is 361 g/mol. The fraction of sp³-hybridized carbons (Fsp3) is 0.294. The lowest BCUT2D eigenvalue weighted by Crippen LogP contribution is -2.45. The maximum absolute atomic E-state index is 6.15. The minimum atomic E-state index is 0.244. The lowest BCUT2D eigenvalue weighted by Gasteiger charge is -2.35. The number of thiophene rings is 1. The van der Waals surface area contributed by atoms with Crippen LogP contribution in [0.3, 0.4) is 0 Å². The van der Waals surface area contributed by atoms with Crippen molar-refractivity contribution in [2.45, 2.75) is 12.6 Å². The molecule has 0 aliphatic carbocycles.